The number of hydrogen-bond donors (Lipinski definition) is 1. The number of halogens is 1. The second kappa shape index (κ2) is 7.55. The first-order valence-corrected chi connectivity index (χ1v) is 9.24. The van der Waals surface area contributed by atoms with Crippen LogP contribution in [0.1, 0.15) is 56.3 Å². The number of allylic oxidation sites excluding steroid dienone is 1. The molecule has 142 valence electrons. The molecular weight excluding hydrogens is 341 g/mol. The number of aryl methyl sites for hydroxylation is 2. The summed E-state index contributed by atoms with van der Waals surface area (Å²) in [7, 11) is 0. The molecule has 5 nitrogen and oxygen atoms in total. The summed E-state index contributed by atoms with van der Waals surface area (Å²) in [6.45, 7) is 10.1. The van der Waals surface area contributed by atoms with Crippen LogP contribution in [0, 0.1) is 13.8 Å². The van der Waals surface area contributed by atoms with E-state index in [2.05, 4.69) is 20.3 Å². The van der Waals surface area contributed by atoms with Crippen LogP contribution < -0.4 is 5.32 Å². The highest BCUT2D eigenvalue weighted by molar-refractivity contribution is 5.83. The zero-order valence-electron chi connectivity index (χ0n) is 16.6. The van der Waals surface area contributed by atoms with Crippen molar-refractivity contribution >= 4 is 22.9 Å². The quantitative estimate of drug-likeness (QED) is 0.733. The van der Waals surface area contributed by atoms with E-state index in [9.17, 15) is 4.39 Å². The summed E-state index contributed by atoms with van der Waals surface area (Å²) >= 11 is 0. The molecule has 0 radical (unpaired) electrons. The third-order valence-electron chi connectivity index (χ3n) is 4.59. The maximum Gasteiger partial charge on any atom is 0.222 e. The Balaban J connectivity index is 1.85. The number of nitrogens with zero attached hydrogens (tertiary/aromatic N) is 4. The Labute approximate surface area is 159 Å². The number of pyridine rings is 1. The van der Waals surface area contributed by atoms with E-state index >= 15 is 0 Å². The van der Waals surface area contributed by atoms with E-state index in [1.165, 1.54) is 0 Å². The normalized spacial score (nSPS) is 15.4. The van der Waals surface area contributed by atoms with Gasteiger partial charge in [-0.3, -0.25) is 9.98 Å². The van der Waals surface area contributed by atoms with Gasteiger partial charge in [0.2, 0.25) is 5.95 Å². The van der Waals surface area contributed by atoms with Crippen LogP contribution in [0.2, 0.25) is 0 Å². The predicted octanol–water partition coefficient (Wildman–Crippen LogP) is 4.97. The highest BCUT2D eigenvalue weighted by atomic mass is 19.1. The van der Waals surface area contributed by atoms with Crippen molar-refractivity contribution in [3.8, 4) is 0 Å². The molecule has 0 atom stereocenters. The number of alkyl halides is 1. The number of aliphatic imine (C=N–C) groups is 1. The van der Waals surface area contributed by atoms with Gasteiger partial charge in [-0.15, -0.1) is 0 Å². The lowest BCUT2D eigenvalue weighted by Crippen LogP contribution is -2.18. The highest BCUT2D eigenvalue weighted by Crippen LogP contribution is 2.39. The summed E-state index contributed by atoms with van der Waals surface area (Å²) in [6, 6.07) is 3.95. The minimum Gasteiger partial charge on any atom is -0.351 e. The zero-order valence-corrected chi connectivity index (χ0v) is 16.6. The van der Waals surface area contributed by atoms with Crippen molar-refractivity contribution < 1.29 is 4.39 Å². The van der Waals surface area contributed by atoms with Crippen LogP contribution in [0.5, 0.6) is 0 Å². The van der Waals surface area contributed by atoms with Crippen LogP contribution in [0.3, 0.4) is 0 Å². The maximum atomic E-state index is 13.8. The van der Waals surface area contributed by atoms with E-state index in [0.29, 0.717) is 18.8 Å². The van der Waals surface area contributed by atoms with Gasteiger partial charge in [-0.2, -0.15) is 0 Å². The van der Waals surface area contributed by atoms with Crippen LogP contribution in [0.4, 0.5) is 16.0 Å². The molecule has 1 saturated carbocycles. The first-order valence-electron chi connectivity index (χ1n) is 9.24. The average Bonchev–Trinajstić information content (AvgIpc) is 3.35. The van der Waals surface area contributed by atoms with Gasteiger partial charge in [-0.05, 0) is 59.6 Å². The molecule has 1 aliphatic rings. The molecule has 6 heteroatoms. The molecule has 1 fully saturated rings. The van der Waals surface area contributed by atoms with E-state index < -0.39 is 5.67 Å². The molecule has 2 aromatic rings. The Morgan fingerprint density at radius 1 is 1.22 bits per heavy atom. The van der Waals surface area contributed by atoms with Gasteiger partial charge >= 0.3 is 0 Å². The minimum atomic E-state index is -1.08. The average molecular weight is 367 g/mol. The second-order valence-corrected chi connectivity index (χ2v) is 7.26. The highest BCUT2D eigenvalue weighted by Gasteiger charge is 2.43. The van der Waals surface area contributed by atoms with Gasteiger partial charge < -0.3 is 5.32 Å². The van der Waals surface area contributed by atoms with Crippen molar-refractivity contribution in [1.29, 1.82) is 0 Å². The molecular formula is C21H26FN5. The van der Waals surface area contributed by atoms with Gasteiger partial charge in [0, 0.05) is 23.0 Å². The van der Waals surface area contributed by atoms with Crippen molar-refractivity contribution in [2.45, 2.75) is 53.1 Å². The van der Waals surface area contributed by atoms with Crippen molar-refractivity contribution in [3.63, 3.8) is 0 Å². The van der Waals surface area contributed by atoms with Crippen LogP contribution in [-0.4, -0.2) is 32.9 Å². The molecule has 0 spiro atoms. The van der Waals surface area contributed by atoms with Gasteiger partial charge in [0.15, 0.2) is 0 Å². The largest absolute Gasteiger partial charge is 0.351 e. The van der Waals surface area contributed by atoms with Gasteiger partial charge in [-0.1, -0.05) is 6.08 Å². The lowest BCUT2D eigenvalue weighted by atomic mass is 10.0. The van der Waals surface area contributed by atoms with Crippen LogP contribution in [0.25, 0.3) is 5.57 Å². The van der Waals surface area contributed by atoms with Crippen LogP contribution >= 0.6 is 0 Å². The number of hydrogen-bond acceptors (Lipinski definition) is 5. The summed E-state index contributed by atoms with van der Waals surface area (Å²) in [5, 5.41) is 3.00. The summed E-state index contributed by atoms with van der Waals surface area (Å²) in [4.78, 5) is 18.1. The van der Waals surface area contributed by atoms with Crippen molar-refractivity contribution in [2.24, 2.45) is 4.99 Å². The molecule has 0 aromatic carbocycles. The summed E-state index contributed by atoms with van der Waals surface area (Å²) in [6.07, 6.45) is 5.01. The fourth-order valence-corrected chi connectivity index (χ4v) is 2.87. The topological polar surface area (TPSA) is 63.1 Å². The smallest absolute Gasteiger partial charge is 0.222 e. The summed E-state index contributed by atoms with van der Waals surface area (Å²) < 4.78 is 13.8. The standard InChI is InChI=1S/C21H26FN5/c1-6-16(19-8-7-18(15(5)26-19)25-13(2)3)17-11-23-20(27-14(17)4)24-12-21(22)9-10-21/h6-8,11H,9-10,12H2,1-5H3,(H,23,24,27)/b16-6+. The third kappa shape index (κ3) is 4.56. The van der Waals surface area contributed by atoms with E-state index in [0.717, 1.165) is 39.6 Å². The predicted molar refractivity (Wildman–Crippen MR) is 109 cm³/mol. The van der Waals surface area contributed by atoms with Crippen molar-refractivity contribution in [1.82, 2.24) is 15.0 Å². The minimum absolute atomic E-state index is 0.266. The molecule has 0 aliphatic heterocycles. The van der Waals surface area contributed by atoms with Gasteiger partial charge in [0.25, 0.3) is 0 Å². The lowest BCUT2D eigenvalue weighted by molar-refractivity contribution is 0.326. The molecule has 3 rings (SSSR count). The zero-order chi connectivity index (χ0) is 19.6. The molecule has 0 unspecified atom stereocenters. The van der Waals surface area contributed by atoms with Crippen molar-refractivity contribution in [3.05, 3.63) is 47.1 Å². The number of nitrogens with one attached hydrogen (secondary N) is 1. The Morgan fingerprint density at radius 2 is 1.96 bits per heavy atom. The third-order valence-corrected chi connectivity index (χ3v) is 4.59. The van der Waals surface area contributed by atoms with Crippen LogP contribution in [-0.2, 0) is 0 Å². The monoisotopic (exact) mass is 367 g/mol. The SMILES string of the molecule is C/C=C(/c1ccc(N=C(C)C)c(C)n1)c1cnc(NCC2(F)CC2)nc1C. The Morgan fingerprint density at radius 3 is 2.52 bits per heavy atom. The van der Waals surface area contributed by atoms with E-state index in [1.807, 2.05) is 52.8 Å². The number of aromatic nitrogens is 3. The fraction of sp³-hybridized carbons (Fsp3) is 0.429. The molecule has 1 aliphatic carbocycles. The summed E-state index contributed by atoms with van der Waals surface area (Å²) in [5.74, 6) is 0.461. The first-order chi connectivity index (χ1) is 12.8. The molecule has 0 bridgehead atoms. The molecule has 0 amide bonds. The van der Waals surface area contributed by atoms with Gasteiger partial charge in [-0.25, -0.2) is 14.4 Å². The molecule has 0 saturated heterocycles. The summed E-state index contributed by atoms with van der Waals surface area (Å²) in [5.41, 5.74) is 5.24. The van der Waals surface area contributed by atoms with E-state index in [-0.39, 0.29) is 6.54 Å². The van der Waals surface area contributed by atoms with E-state index in [4.69, 9.17) is 4.98 Å². The molecule has 2 aromatic heterocycles. The second-order valence-electron chi connectivity index (χ2n) is 7.26. The van der Waals surface area contributed by atoms with Crippen LogP contribution in [0.15, 0.2) is 29.4 Å². The number of rotatable bonds is 6. The molecule has 1 N–H and O–H groups in total. The van der Waals surface area contributed by atoms with Crippen molar-refractivity contribution in [2.75, 3.05) is 11.9 Å². The van der Waals surface area contributed by atoms with Gasteiger partial charge in [0.1, 0.15) is 5.67 Å². The maximum absolute atomic E-state index is 13.8. The number of anilines is 1. The first kappa shape index (κ1) is 19.1. The Hall–Kier alpha value is -2.63. The van der Waals surface area contributed by atoms with Gasteiger partial charge in [0.05, 0.1) is 29.3 Å². The Bertz CT molecular complexity index is 909. The Kier molecular flexibility index (Phi) is 5.35. The fourth-order valence-electron chi connectivity index (χ4n) is 2.87. The van der Waals surface area contributed by atoms with E-state index in [1.54, 1.807) is 6.20 Å². The molecule has 2 heterocycles. The molecule has 27 heavy (non-hydrogen) atoms. The lowest BCUT2D eigenvalue weighted by Gasteiger charge is -2.13.